The van der Waals surface area contributed by atoms with Crippen LogP contribution in [-0.4, -0.2) is 27.8 Å². The maximum absolute atomic E-state index is 11.4. The minimum Gasteiger partial charge on any atom is -0.473 e. The van der Waals surface area contributed by atoms with E-state index in [9.17, 15) is 4.79 Å². The van der Waals surface area contributed by atoms with Crippen LogP contribution in [0.15, 0.2) is 60.9 Å². The molecule has 0 aliphatic carbocycles. The Bertz CT molecular complexity index is 782. The molecule has 0 aliphatic rings. The Morgan fingerprint density at radius 2 is 1.96 bits per heavy atom. The number of hydrogen-bond acceptors (Lipinski definition) is 5. The van der Waals surface area contributed by atoms with Crippen LogP contribution in [0.4, 0.5) is 0 Å². The van der Waals surface area contributed by atoms with Crippen LogP contribution < -0.4 is 4.74 Å². The summed E-state index contributed by atoms with van der Waals surface area (Å²) in [7, 11) is 1.32. The van der Waals surface area contributed by atoms with Gasteiger partial charge in [0.25, 0.3) is 0 Å². The van der Waals surface area contributed by atoms with Crippen molar-refractivity contribution >= 4 is 5.97 Å². The van der Waals surface area contributed by atoms with Crippen LogP contribution in [0.2, 0.25) is 0 Å². The number of carbonyl (C=O) groups excluding carboxylic acids is 1. The van der Waals surface area contributed by atoms with Crippen LogP contribution in [0.1, 0.15) is 16.1 Å². The molecule has 3 rings (SSSR count). The Balaban J connectivity index is 1.67. The van der Waals surface area contributed by atoms with Gasteiger partial charge in [-0.2, -0.15) is 5.10 Å². The van der Waals surface area contributed by atoms with E-state index < -0.39 is 5.97 Å². The summed E-state index contributed by atoms with van der Waals surface area (Å²) in [5.74, 6) is 0.0532. The summed E-state index contributed by atoms with van der Waals surface area (Å²) in [5, 5.41) is 4.14. The largest absolute Gasteiger partial charge is 0.473 e. The summed E-state index contributed by atoms with van der Waals surface area (Å²) in [5.41, 5.74) is 2.05. The molecule has 116 valence electrons. The number of carbonyl (C=O) groups is 1. The Labute approximate surface area is 133 Å². The van der Waals surface area contributed by atoms with Crippen molar-refractivity contribution in [1.82, 2.24) is 14.8 Å². The minimum atomic E-state index is -0.473. The predicted octanol–water partition coefficient (Wildman–Crippen LogP) is 2.63. The van der Waals surface area contributed by atoms with Crippen LogP contribution in [-0.2, 0) is 11.3 Å². The van der Waals surface area contributed by atoms with Crippen molar-refractivity contribution in [2.75, 3.05) is 7.11 Å². The van der Waals surface area contributed by atoms with E-state index in [1.165, 1.54) is 7.11 Å². The van der Waals surface area contributed by atoms with Gasteiger partial charge in [-0.3, -0.25) is 0 Å². The summed E-state index contributed by atoms with van der Waals surface area (Å²) < 4.78 is 11.8. The first-order chi connectivity index (χ1) is 11.3. The summed E-state index contributed by atoms with van der Waals surface area (Å²) in [6.45, 7) is 0.460. The Morgan fingerprint density at radius 1 is 1.13 bits per heavy atom. The Morgan fingerprint density at radius 3 is 2.65 bits per heavy atom. The van der Waals surface area contributed by atoms with Crippen molar-refractivity contribution in [1.29, 1.82) is 0 Å². The highest BCUT2D eigenvalue weighted by Crippen LogP contribution is 2.13. The fourth-order valence-corrected chi connectivity index (χ4v) is 2.01. The van der Waals surface area contributed by atoms with Crippen molar-refractivity contribution in [2.45, 2.75) is 6.61 Å². The van der Waals surface area contributed by atoms with Crippen LogP contribution in [0.25, 0.3) is 5.69 Å². The molecular weight excluding hydrogens is 294 g/mol. The molecule has 1 aromatic carbocycles. The van der Waals surface area contributed by atoms with E-state index in [0.29, 0.717) is 12.5 Å². The van der Waals surface area contributed by atoms with Gasteiger partial charge in [-0.25, -0.2) is 14.5 Å². The molecule has 0 spiro atoms. The average Bonchev–Trinajstić information content (AvgIpc) is 3.11. The van der Waals surface area contributed by atoms with Crippen LogP contribution in [0.5, 0.6) is 5.88 Å². The maximum Gasteiger partial charge on any atom is 0.358 e. The van der Waals surface area contributed by atoms with Gasteiger partial charge in [0.05, 0.1) is 19.0 Å². The molecule has 0 fully saturated rings. The molecule has 0 atom stereocenters. The lowest BCUT2D eigenvalue weighted by atomic mass is 10.2. The molecule has 0 amide bonds. The number of rotatable bonds is 5. The highest BCUT2D eigenvalue weighted by molar-refractivity contribution is 5.86. The minimum absolute atomic E-state index is 0.247. The van der Waals surface area contributed by atoms with E-state index >= 15 is 0 Å². The van der Waals surface area contributed by atoms with Crippen molar-refractivity contribution in [3.8, 4) is 11.6 Å². The van der Waals surface area contributed by atoms with Crippen molar-refractivity contribution in [3.63, 3.8) is 0 Å². The maximum atomic E-state index is 11.4. The van der Waals surface area contributed by atoms with E-state index in [1.54, 1.807) is 29.2 Å². The lowest BCUT2D eigenvalue weighted by Crippen LogP contribution is -2.04. The second-order valence-corrected chi connectivity index (χ2v) is 4.77. The van der Waals surface area contributed by atoms with Gasteiger partial charge in [0, 0.05) is 12.3 Å². The number of esters is 1. The van der Waals surface area contributed by atoms with Crippen LogP contribution in [0, 0.1) is 0 Å². The third-order valence-corrected chi connectivity index (χ3v) is 3.20. The van der Waals surface area contributed by atoms with Gasteiger partial charge in [-0.15, -0.1) is 0 Å². The first kappa shape index (κ1) is 14.8. The fraction of sp³-hybridized carbons (Fsp3) is 0.118. The molecule has 23 heavy (non-hydrogen) atoms. The van der Waals surface area contributed by atoms with Crippen molar-refractivity contribution < 1.29 is 14.3 Å². The lowest BCUT2D eigenvalue weighted by molar-refractivity contribution is 0.0593. The second kappa shape index (κ2) is 6.74. The topological polar surface area (TPSA) is 66.2 Å². The molecule has 0 radical (unpaired) electrons. The normalized spacial score (nSPS) is 10.3. The summed E-state index contributed by atoms with van der Waals surface area (Å²) in [6.07, 6.45) is 3.31. The third kappa shape index (κ3) is 3.55. The molecule has 2 heterocycles. The molecule has 0 N–H and O–H groups in total. The molecule has 6 heteroatoms. The van der Waals surface area contributed by atoms with Gasteiger partial charge in [0.15, 0.2) is 5.69 Å². The van der Waals surface area contributed by atoms with Gasteiger partial charge < -0.3 is 9.47 Å². The summed E-state index contributed by atoms with van der Waals surface area (Å²) >= 11 is 0. The van der Waals surface area contributed by atoms with Crippen LogP contribution in [0.3, 0.4) is 0 Å². The Hall–Kier alpha value is -3.15. The zero-order chi connectivity index (χ0) is 16.1. The molecule has 0 saturated carbocycles. The SMILES string of the molecule is COC(=O)c1ccn(-c2ccc(OCc3ccccc3)nc2)n1. The molecule has 0 bridgehead atoms. The number of hydrogen-bond donors (Lipinski definition) is 0. The smallest absolute Gasteiger partial charge is 0.358 e. The predicted molar refractivity (Wildman–Crippen MR) is 83.5 cm³/mol. The quantitative estimate of drug-likeness (QED) is 0.678. The molecule has 0 saturated heterocycles. The molecule has 0 unspecified atom stereocenters. The Kier molecular flexibility index (Phi) is 4.33. The molecule has 3 aromatic rings. The van der Waals surface area contributed by atoms with Crippen LogP contribution >= 0.6 is 0 Å². The number of aromatic nitrogens is 3. The second-order valence-electron chi connectivity index (χ2n) is 4.77. The molecule has 2 aromatic heterocycles. The standard InChI is InChI=1S/C17H15N3O3/c1-22-17(21)15-9-10-20(19-15)14-7-8-16(18-11-14)23-12-13-5-3-2-4-6-13/h2-11H,12H2,1H3. The highest BCUT2D eigenvalue weighted by Gasteiger charge is 2.10. The van der Waals surface area contributed by atoms with Gasteiger partial charge in [0.2, 0.25) is 5.88 Å². The van der Waals surface area contributed by atoms with Gasteiger partial charge in [-0.1, -0.05) is 30.3 Å². The van der Waals surface area contributed by atoms with E-state index in [1.807, 2.05) is 36.4 Å². The molecule has 0 aliphatic heterocycles. The van der Waals surface area contributed by atoms with E-state index in [2.05, 4.69) is 14.8 Å². The number of benzene rings is 1. The summed E-state index contributed by atoms with van der Waals surface area (Å²) in [6, 6.07) is 15.0. The first-order valence-corrected chi connectivity index (χ1v) is 7.03. The number of nitrogens with zero attached hydrogens (tertiary/aromatic N) is 3. The first-order valence-electron chi connectivity index (χ1n) is 7.03. The summed E-state index contributed by atoms with van der Waals surface area (Å²) in [4.78, 5) is 15.6. The number of pyridine rings is 1. The zero-order valence-corrected chi connectivity index (χ0v) is 12.5. The molecule has 6 nitrogen and oxygen atoms in total. The van der Waals surface area contributed by atoms with E-state index in [-0.39, 0.29) is 5.69 Å². The van der Waals surface area contributed by atoms with Gasteiger partial charge in [0.1, 0.15) is 6.61 Å². The van der Waals surface area contributed by atoms with Crippen molar-refractivity contribution in [3.05, 3.63) is 72.2 Å². The van der Waals surface area contributed by atoms with E-state index in [4.69, 9.17) is 4.74 Å². The van der Waals surface area contributed by atoms with Crippen molar-refractivity contribution in [2.24, 2.45) is 0 Å². The van der Waals surface area contributed by atoms with Gasteiger partial charge in [-0.05, 0) is 17.7 Å². The monoisotopic (exact) mass is 309 g/mol. The average molecular weight is 309 g/mol. The number of ether oxygens (including phenoxy) is 2. The molecular formula is C17H15N3O3. The van der Waals surface area contributed by atoms with E-state index in [0.717, 1.165) is 11.3 Å². The zero-order valence-electron chi connectivity index (χ0n) is 12.5. The third-order valence-electron chi connectivity index (χ3n) is 3.20. The number of methoxy groups -OCH3 is 1. The fourth-order valence-electron chi connectivity index (χ4n) is 2.01. The highest BCUT2D eigenvalue weighted by atomic mass is 16.5. The lowest BCUT2D eigenvalue weighted by Gasteiger charge is -2.06. The van der Waals surface area contributed by atoms with Gasteiger partial charge >= 0.3 is 5.97 Å².